The van der Waals surface area contributed by atoms with E-state index in [2.05, 4.69) is 15.9 Å². The van der Waals surface area contributed by atoms with Crippen molar-refractivity contribution in [3.63, 3.8) is 0 Å². The molecule has 0 atom stereocenters. The van der Waals surface area contributed by atoms with Gasteiger partial charge >= 0.3 is 6.18 Å². The van der Waals surface area contributed by atoms with Crippen molar-refractivity contribution >= 4 is 55.9 Å². The van der Waals surface area contributed by atoms with E-state index in [1.165, 1.54) is 6.07 Å². The number of rotatable bonds is 2. The van der Waals surface area contributed by atoms with E-state index >= 15 is 0 Å². The Balaban J connectivity index is 3.34. The van der Waals surface area contributed by atoms with E-state index in [4.69, 9.17) is 11.6 Å². The van der Waals surface area contributed by atoms with Crippen LogP contribution < -0.4 is 0 Å². The van der Waals surface area contributed by atoms with Gasteiger partial charge in [0.25, 0.3) is 0 Å². The molecule has 1 rings (SSSR count). The summed E-state index contributed by atoms with van der Waals surface area (Å²) >= 11 is 9.68. The van der Waals surface area contributed by atoms with Crippen molar-refractivity contribution in [2.24, 2.45) is 0 Å². The highest BCUT2D eigenvalue weighted by atomic mass is 127. The van der Waals surface area contributed by atoms with Crippen LogP contribution in [-0.2, 0) is 6.18 Å². The van der Waals surface area contributed by atoms with Gasteiger partial charge in [-0.05, 0) is 34.7 Å². The van der Waals surface area contributed by atoms with E-state index in [9.17, 15) is 18.0 Å². The average Bonchev–Trinajstić information content (AvgIpc) is 2.13. The second-order valence-electron chi connectivity index (χ2n) is 2.87. The summed E-state index contributed by atoms with van der Waals surface area (Å²) in [6.07, 6.45) is -4.45. The average molecular weight is 427 g/mol. The number of benzene rings is 1. The third-order valence-electron chi connectivity index (χ3n) is 1.77. The molecule has 0 N–H and O–H groups in total. The first-order chi connectivity index (χ1) is 7.27. The van der Waals surface area contributed by atoms with E-state index < -0.39 is 17.5 Å². The first-order valence-corrected chi connectivity index (χ1v) is 6.33. The Labute approximate surface area is 117 Å². The highest BCUT2D eigenvalue weighted by Crippen LogP contribution is 2.38. The zero-order valence-electron chi connectivity index (χ0n) is 7.54. The molecule has 16 heavy (non-hydrogen) atoms. The highest BCUT2D eigenvalue weighted by molar-refractivity contribution is 14.1. The van der Waals surface area contributed by atoms with Crippen LogP contribution in [0.3, 0.4) is 0 Å². The van der Waals surface area contributed by atoms with Crippen molar-refractivity contribution in [3.8, 4) is 0 Å². The van der Waals surface area contributed by atoms with Gasteiger partial charge < -0.3 is 0 Å². The molecule has 0 aliphatic heterocycles. The zero-order valence-corrected chi connectivity index (χ0v) is 12.0. The Morgan fingerprint density at radius 3 is 2.38 bits per heavy atom. The lowest BCUT2D eigenvalue weighted by Gasteiger charge is -2.12. The van der Waals surface area contributed by atoms with Gasteiger partial charge in [0.05, 0.1) is 11.4 Å². The number of carbonyl (C=O) groups excluding carboxylic acids is 1. The molecule has 0 saturated carbocycles. The van der Waals surface area contributed by atoms with Gasteiger partial charge in [0.15, 0.2) is 5.78 Å². The molecule has 1 aromatic carbocycles. The number of Topliss-reactive ketones (excluding diaryl/α,β-unsaturated/α-hetero) is 1. The Morgan fingerprint density at radius 1 is 1.44 bits per heavy atom. The van der Waals surface area contributed by atoms with Gasteiger partial charge in [-0.15, -0.1) is 11.6 Å². The maximum atomic E-state index is 12.6. The van der Waals surface area contributed by atoms with Crippen molar-refractivity contribution < 1.29 is 18.0 Å². The molecule has 0 radical (unpaired) electrons. The predicted octanol–water partition coefficient (Wildman–Crippen LogP) is 4.49. The third kappa shape index (κ3) is 3.10. The maximum absolute atomic E-state index is 12.6. The normalized spacial score (nSPS) is 11.6. The summed E-state index contributed by atoms with van der Waals surface area (Å²) < 4.78 is 37.5. The van der Waals surface area contributed by atoms with Crippen LogP contribution in [0, 0.1) is 3.57 Å². The minimum Gasteiger partial charge on any atom is -0.293 e. The Bertz CT molecular complexity index is 410. The SMILES string of the molecule is O=C(CCl)c1cc(Br)c(C(F)(F)F)c(I)c1. The molecule has 1 nitrogen and oxygen atoms in total. The smallest absolute Gasteiger partial charge is 0.293 e. The summed E-state index contributed by atoms with van der Waals surface area (Å²) in [5.41, 5.74) is -0.613. The molecule has 0 amide bonds. The van der Waals surface area contributed by atoms with E-state index in [1.807, 2.05) is 0 Å². The summed E-state index contributed by atoms with van der Waals surface area (Å²) in [6.45, 7) is 0. The second kappa shape index (κ2) is 5.22. The van der Waals surface area contributed by atoms with Crippen LogP contribution in [0.1, 0.15) is 15.9 Å². The second-order valence-corrected chi connectivity index (χ2v) is 5.15. The molecule has 0 spiro atoms. The van der Waals surface area contributed by atoms with Crippen LogP contribution >= 0.6 is 50.1 Å². The summed E-state index contributed by atoms with van der Waals surface area (Å²) in [4.78, 5) is 11.2. The standard InChI is InChI=1S/C9H4BrClF3IO/c10-5-1-4(7(16)3-11)2-6(15)8(5)9(12,13)14/h1-2H,3H2. The summed E-state index contributed by atoms with van der Waals surface area (Å²) in [6, 6.07) is 2.31. The lowest BCUT2D eigenvalue weighted by atomic mass is 10.1. The third-order valence-corrected chi connectivity index (χ3v) is 3.49. The van der Waals surface area contributed by atoms with Crippen LogP contribution in [0.2, 0.25) is 0 Å². The predicted molar refractivity (Wildman–Crippen MR) is 66.9 cm³/mol. The first kappa shape index (κ1) is 14.2. The summed E-state index contributed by atoms with van der Waals surface area (Å²) in [5.74, 6) is -0.664. The largest absolute Gasteiger partial charge is 0.418 e. The topological polar surface area (TPSA) is 17.1 Å². The molecule has 1 aromatic rings. The number of ketones is 1. The lowest BCUT2D eigenvalue weighted by Crippen LogP contribution is -2.11. The monoisotopic (exact) mass is 426 g/mol. The minimum absolute atomic E-state index is 0.0343. The van der Waals surface area contributed by atoms with Gasteiger partial charge in [-0.3, -0.25) is 4.79 Å². The molecule has 0 aliphatic carbocycles. The van der Waals surface area contributed by atoms with Crippen LogP contribution in [0.5, 0.6) is 0 Å². The van der Waals surface area contributed by atoms with E-state index in [-0.39, 0.29) is 19.5 Å². The van der Waals surface area contributed by atoms with Crippen LogP contribution in [-0.4, -0.2) is 11.7 Å². The molecule has 7 heteroatoms. The van der Waals surface area contributed by atoms with E-state index in [0.717, 1.165) is 6.07 Å². The van der Waals surface area contributed by atoms with E-state index in [1.54, 1.807) is 22.6 Å². The fourth-order valence-corrected chi connectivity index (χ4v) is 3.22. The molecule has 0 unspecified atom stereocenters. The van der Waals surface area contributed by atoms with Gasteiger partial charge in [0, 0.05) is 13.6 Å². The van der Waals surface area contributed by atoms with Crippen molar-refractivity contribution in [2.45, 2.75) is 6.18 Å². The van der Waals surface area contributed by atoms with Gasteiger partial charge in [-0.2, -0.15) is 13.2 Å². The van der Waals surface area contributed by atoms with Gasteiger partial charge in [-0.1, -0.05) is 15.9 Å². The van der Waals surface area contributed by atoms with Crippen molar-refractivity contribution in [2.75, 3.05) is 5.88 Å². The first-order valence-electron chi connectivity index (χ1n) is 3.92. The Hall–Kier alpha value is 0.180. The van der Waals surface area contributed by atoms with Gasteiger partial charge in [0.1, 0.15) is 0 Å². The molecule has 88 valence electrons. The van der Waals surface area contributed by atoms with Gasteiger partial charge in [-0.25, -0.2) is 0 Å². The highest BCUT2D eigenvalue weighted by Gasteiger charge is 2.35. The number of hydrogen-bond donors (Lipinski definition) is 0. The Morgan fingerprint density at radius 2 is 2.00 bits per heavy atom. The number of carbonyl (C=O) groups is 1. The number of halogens is 6. The summed E-state index contributed by atoms with van der Waals surface area (Å²) in [5, 5.41) is 0. The summed E-state index contributed by atoms with van der Waals surface area (Å²) in [7, 11) is 0. The van der Waals surface area contributed by atoms with E-state index in [0.29, 0.717) is 0 Å². The molecule has 0 aromatic heterocycles. The molecule has 0 saturated heterocycles. The lowest BCUT2D eigenvalue weighted by molar-refractivity contribution is -0.138. The maximum Gasteiger partial charge on any atom is 0.418 e. The van der Waals surface area contributed by atoms with Gasteiger partial charge in [0.2, 0.25) is 0 Å². The number of hydrogen-bond acceptors (Lipinski definition) is 1. The zero-order chi connectivity index (χ0) is 12.5. The van der Waals surface area contributed by atoms with Crippen molar-refractivity contribution in [3.05, 3.63) is 31.3 Å². The molecule has 0 fully saturated rings. The van der Waals surface area contributed by atoms with Crippen LogP contribution in [0.4, 0.5) is 13.2 Å². The molecule has 0 bridgehead atoms. The fraction of sp³-hybridized carbons (Fsp3) is 0.222. The Kier molecular flexibility index (Phi) is 4.65. The molecular formula is C9H4BrClF3IO. The minimum atomic E-state index is -4.45. The number of alkyl halides is 4. The molecular weight excluding hydrogens is 423 g/mol. The molecule has 0 heterocycles. The fourth-order valence-electron chi connectivity index (χ4n) is 1.08. The quantitative estimate of drug-likeness (QED) is 0.386. The van der Waals surface area contributed by atoms with Crippen molar-refractivity contribution in [1.29, 1.82) is 0 Å². The molecule has 0 aliphatic rings. The van der Waals surface area contributed by atoms with Crippen LogP contribution in [0.15, 0.2) is 16.6 Å². The van der Waals surface area contributed by atoms with Crippen molar-refractivity contribution in [1.82, 2.24) is 0 Å². The van der Waals surface area contributed by atoms with Crippen LogP contribution in [0.25, 0.3) is 0 Å².